The monoisotopic (exact) mass is 203 g/mol. The zero-order valence-corrected chi connectivity index (χ0v) is 8.62. The third-order valence-corrected chi connectivity index (χ3v) is 4.38. The quantitative estimate of drug-likeness (QED) is 0.650. The summed E-state index contributed by atoms with van der Waals surface area (Å²) in [7, 11) is 0. The molecule has 2 nitrogen and oxygen atoms in total. The highest BCUT2D eigenvalue weighted by Gasteiger charge is 2.18. The predicted octanol–water partition coefficient (Wildman–Crippen LogP) is 2.00. The molecule has 12 heavy (non-hydrogen) atoms. The molecule has 0 spiro atoms. The van der Waals surface area contributed by atoms with Crippen molar-refractivity contribution in [1.82, 2.24) is 0 Å². The normalized spacial score (nSPS) is 30.3. The highest BCUT2D eigenvalue weighted by Crippen LogP contribution is 2.29. The molecule has 2 rings (SSSR count). The lowest BCUT2D eigenvalue weighted by Crippen LogP contribution is -2.20. The van der Waals surface area contributed by atoms with Crippen molar-refractivity contribution < 1.29 is 4.74 Å². The van der Waals surface area contributed by atoms with Crippen LogP contribution in [0.5, 0.6) is 0 Å². The number of thioether (sulfide) groups is 2. The Morgan fingerprint density at radius 2 is 2.58 bits per heavy atom. The van der Waals surface area contributed by atoms with Crippen LogP contribution < -0.4 is 0 Å². The van der Waals surface area contributed by atoms with E-state index < -0.39 is 0 Å². The molecular formula is C8H13NOS2. The fourth-order valence-corrected chi connectivity index (χ4v) is 3.70. The van der Waals surface area contributed by atoms with Crippen LogP contribution in [0.1, 0.15) is 12.8 Å². The molecule has 0 radical (unpaired) electrons. The molecule has 0 N–H and O–H groups in total. The molecule has 2 aliphatic heterocycles. The first-order valence-electron chi connectivity index (χ1n) is 4.37. The van der Waals surface area contributed by atoms with Crippen molar-refractivity contribution in [3.8, 4) is 0 Å². The van der Waals surface area contributed by atoms with Crippen molar-refractivity contribution >= 4 is 27.9 Å². The van der Waals surface area contributed by atoms with E-state index in [1.807, 2.05) is 23.5 Å². The average Bonchev–Trinajstić information content (AvgIpc) is 2.59. The summed E-state index contributed by atoms with van der Waals surface area (Å²) in [5, 5.41) is 0.670. The lowest BCUT2D eigenvalue weighted by molar-refractivity contribution is 0.102. The van der Waals surface area contributed by atoms with Gasteiger partial charge in [0, 0.05) is 17.6 Å². The molecule has 1 fully saturated rings. The van der Waals surface area contributed by atoms with Crippen LogP contribution in [0.3, 0.4) is 0 Å². The SMILES string of the molecule is C1COCC(SC2=NCCS2)C1. The smallest absolute Gasteiger partial charge is 0.125 e. The minimum Gasteiger partial charge on any atom is -0.380 e. The van der Waals surface area contributed by atoms with Crippen molar-refractivity contribution in [2.45, 2.75) is 18.1 Å². The zero-order valence-electron chi connectivity index (χ0n) is 6.99. The number of ether oxygens (including phenoxy) is 1. The van der Waals surface area contributed by atoms with Crippen LogP contribution in [0.15, 0.2) is 4.99 Å². The number of aliphatic imine (C=N–C) groups is 1. The van der Waals surface area contributed by atoms with Gasteiger partial charge in [-0.15, -0.1) is 0 Å². The number of nitrogens with zero attached hydrogens (tertiary/aromatic N) is 1. The summed E-state index contributed by atoms with van der Waals surface area (Å²) in [6.45, 7) is 2.89. The molecule has 1 atom stereocenters. The van der Waals surface area contributed by atoms with E-state index in [2.05, 4.69) is 4.99 Å². The Morgan fingerprint density at radius 3 is 3.25 bits per heavy atom. The minimum absolute atomic E-state index is 0.670. The predicted molar refractivity (Wildman–Crippen MR) is 56.2 cm³/mol. The Hall–Kier alpha value is 0.330. The van der Waals surface area contributed by atoms with Gasteiger partial charge in [0.05, 0.1) is 13.2 Å². The third kappa shape index (κ3) is 2.41. The van der Waals surface area contributed by atoms with E-state index >= 15 is 0 Å². The first-order valence-corrected chi connectivity index (χ1v) is 6.23. The van der Waals surface area contributed by atoms with Crippen LogP contribution in [0.4, 0.5) is 0 Å². The minimum atomic E-state index is 0.670. The van der Waals surface area contributed by atoms with E-state index in [0.29, 0.717) is 5.25 Å². The fourth-order valence-electron chi connectivity index (χ4n) is 1.33. The van der Waals surface area contributed by atoms with Crippen molar-refractivity contribution in [3.63, 3.8) is 0 Å². The summed E-state index contributed by atoms with van der Waals surface area (Å²) in [4.78, 5) is 4.42. The van der Waals surface area contributed by atoms with Crippen LogP contribution in [0.2, 0.25) is 0 Å². The van der Waals surface area contributed by atoms with Gasteiger partial charge in [-0.05, 0) is 12.8 Å². The summed E-state index contributed by atoms with van der Waals surface area (Å²) >= 11 is 3.81. The highest BCUT2D eigenvalue weighted by molar-refractivity contribution is 8.39. The number of hydrogen-bond donors (Lipinski definition) is 0. The lowest BCUT2D eigenvalue weighted by atomic mass is 10.2. The largest absolute Gasteiger partial charge is 0.380 e. The molecule has 0 bridgehead atoms. The van der Waals surface area contributed by atoms with Gasteiger partial charge in [-0.3, -0.25) is 4.99 Å². The third-order valence-electron chi connectivity index (χ3n) is 1.94. The maximum Gasteiger partial charge on any atom is 0.125 e. The first kappa shape index (κ1) is 8.91. The Bertz CT molecular complexity index is 178. The molecule has 0 aromatic carbocycles. The standard InChI is InChI=1S/C8H13NOS2/c1-2-7(6-10-4-1)12-8-9-3-5-11-8/h7H,1-6H2. The Labute approximate surface area is 81.5 Å². The molecule has 2 heterocycles. The second-order valence-corrected chi connectivity index (χ2v) is 5.58. The van der Waals surface area contributed by atoms with Crippen LogP contribution in [-0.4, -0.2) is 35.1 Å². The second-order valence-electron chi connectivity index (χ2n) is 2.95. The molecule has 0 saturated carbocycles. The van der Waals surface area contributed by atoms with Gasteiger partial charge in [-0.25, -0.2) is 0 Å². The van der Waals surface area contributed by atoms with E-state index in [4.69, 9.17) is 4.74 Å². The van der Waals surface area contributed by atoms with E-state index in [0.717, 1.165) is 19.8 Å². The van der Waals surface area contributed by atoms with Crippen molar-refractivity contribution in [2.75, 3.05) is 25.5 Å². The summed E-state index contributed by atoms with van der Waals surface area (Å²) in [5.74, 6) is 1.18. The number of rotatable bonds is 1. The summed E-state index contributed by atoms with van der Waals surface area (Å²) in [6, 6.07) is 0. The van der Waals surface area contributed by atoms with Crippen LogP contribution in [0, 0.1) is 0 Å². The van der Waals surface area contributed by atoms with Crippen molar-refractivity contribution in [3.05, 3.63) is 0 Å². The molecule has 2 aliphatic rings. The lowest BCUT2D eigenvalue weighted by Gasteiger charge is -2.20. The Balaban J connectivity index is 1.77. The average molecular weight is 203 g/mol. The van der Waals surface area contributed by atoms with Crippen LogP contribution in [0.25, 0.3) is 0 Å². The van der Waals surface area contributed by atoms with Gasteiger partial charge in [0.2, 0.25) is 0 Å². The topological polar surface area (TPSA) is 21.6 Å². The van der Waals surface area contributed by atoms with Crippen molar-refractivity contribution in [1.29, 1.82) is 0 Å². The summed E-state index contributed by atoms with van der Waals surface area (Å²) in [6.07, 6.45) is 2.51. The van der Waals surface area contributed by atoms with Gasteiger partial charge in [0.25, 0.3) is 0 Å². The van der Waals surface area contributed by atoms with E-state index in [1.165, 1.54) is 23.0 Å². The van der Waals surface area contributed by atoms with E-state index in [9.17, 15) is 0 Å². The Kier molecular flexibility index (Phi) is 3.37. The molecule has 68 valence electrons. The fraction of sp³-hybridized carbons (Fsp3) is 0.875. The van der Waals surface area contributed by atoms with Gasteiger partial charge in [0.15, 0.2) is 0 Å². The van der Waals surface area contributed by atoms with Crippen molar-refractivity contribution in [2.24, 2.45) is 4.99 Å². The zero-order chi connectivity index (χ0) is 8.23. The van der Waals surface area contributed by atoms with Crippen LogP contribution >= 0.6 is 23.5 Å². The van der Waals surface area contributed by atoms with E-state index in [-0.39, 0.29) is 0 Å². The summed E-state index contributed by atoms with van der Waals surface area (Å²) < 4.78 is 6.69. The molecule has 4 heteroatoms. The maximum absolute atomic E-state index is 5.41. The maximum atomic E-state index is 5.41. The van der Waals surface area contributed by atoms with Crippen LogP contribution in [-0.2, 0) is 4.74 Å². The van der Waals surface area contributed by atoms with Gasteiger partial charge in [0.1, 0.15) is 4.38 Å². The molecule has 1 saturated heterocycles. The Morgan fingerprint density at radius 1 is 1.58 bits per heavy atom. The highest BCUT2D eigenvalue weighted by atomic mass is 32.2. The molecule has 1 unspecified atom stereocenters. The molecular weight excluding hydrogens is 190 g/mol. The van der Waals surface area contributed by atoms with E-state index in [1.54, 1.807) is 0 Å². The van der Waals surface area contributed by atoms with Gasteiger partial charge in [-0.2, -0.15) is 0 Å². The number of hydrogen-bond acceptors (Lipinski definition) is 4. The van der Waals surface area contributed by atoms with Gasteiger partial charge < -0.3 is 4.74 Å². The second kappa shape index (κ2) is 4.53. The van der Waals surface area contributed by atoms with Gasteiger partial charge in [-0.1, -0.05) is 23.5 Å². The molecule has 0 aromatic heterocycles. The van der Waals surface area contributed by atoms with Gasteiger partial charge >= 0.3 is 0 Å². The first-order chi connectivity index (χ1) is 5.95. The summed E-state index contributed by atoms with van der Waals surface area (Å²) in [5.41, 5.74) is 0. The molecule has 0 amide bonds. The molecule has 0 aromatic rings. The molecule has 0 aliphatic carbocycles.